The molecule has 0 saturated carbocycles. The first-order valence-electron chi connectivity index (χ1n) is 12.6. The highest BCUT2D eigenvalue weighted by atomic mass is 35.5. The van der Waals surface area contributed by atoms with E-state index in [-0.39, 0.29) is 17.5 Å². The van der Waals surface area contributed by atoms with Gasteiger partial charge in [-0.2, -0.15) is 0 Å². The zero-order chi connectivity index (χ0) is 27.9. The summed E-state index contributed by atoms with van der Waals surface area (Å²) >= 11 is 12.1. The lowest BCUT2D eigenvalue weighted by atomic mass is 10.1. The second-order valence-electron chi connectivity index (χ2n) is 8.92. The maximum Gasteiger partial charge on any atom is 0.338 e. The van der Waals surface area contributed by atoms with Crippen molar-refractivity contribution in [3.63, 3.8) is 0 Å². The fourth-order valence-corrected chi connectivity index (χ4v) is 4.67. The van der Waals surface area contributed by atoms with E-state index in [1.807, 2.05) is 23.1 Å². The Balaban J connectivity index is 1.51. The van der Waals surface area contributed by atoms with E-state index in [1.54, 1.807) is 56.3 Å². The fraction of sp³-hybridized carbons (Fsp3) is 0.276. The van der Waals surface area contributed by atoms with E-state index in [9.17, 15) is 14.4 Å². The van der Waals surface area contributed by atoms with Crippen LogP contribution in [0, 0.1) is 0 Å². The number of esters is 1. The van der Waals surface area contributed by atoms with E-state index in [4.69, 9.17) is 32.7 Å². The van der Waals surface area contributed by atoms with E-state index in [0.29, 0.717) is 53.8 Å². The number of nitrogens with zero attached hydrogens (tertiary/aromatic N) is 2. The molecule has 0 spiro atoms. The van der Waals surface area contributed by atoms with Crippen molar-refractivity contribution >= 4 is 52.4 Å². The van der Waals surface area contributed by atoms with Gasteiger partial charge in [0, 0.05) is 36.8 Å². The number of carbonyl (C=O) groups is 3. The quantitative estimate of drug-likeness (QED) is 0.358. The van der Waals surface area contributed by atoms with Gasteiger partial charge in [-0.25, -0.2) is 4.79 Å². The molecule has 0 bridgehead atoms. The van der Waals surface area contributed by atoms with Gasteiger partial charge < -0.3 is 24.6 Å². The number of rotatable bonds is 8. The van der Waals surface area contributed by atoms with Crippen molar-refractivity contribution in [2.75, 3.05) is 43.0 Å². The zero-order valence-electron chi connectivity index (χ0n) is 21.7. The minimum absolute atomic E-state index is 0.0201. The molecule has 3 aromatic carbocycles. The lowest BCUT2D eigenvalue weighted by Gasteiger charge is -2.37. The second kappa shape index (κ2) is 12.9. The molecule has 204 valence electrons. The molecule has 0 aliphatic carbocycles. The molecule has 2 amide bonds. The van der Waals surface area contributed by atoms with Crippen molar-refractivity contribution in [1.82, 2.24) is 4.90 Å². The molecule has 8 nitrogen and oxygen atoms in total. The number of ether oxygens (including phenoxy) is 2. The fourth-order valence-electron chi connectivity index (χ4n) is 4.22. The predicted octanol–water partition coefficient (Wildman–Crippen LogP) is 5.54. The highest BCUT2D eigenvalue weighted by Crippen LogP contribution is 2.31. The minimum atomic E-state index is -0.900. The largest absolute Gasteiger partial charge is 0.479 e. The van der Waals surface area contributed by atoms with Gasteiger partial charge in [0.1, 0.15) is 5.75 Å². The van der Waals surface area contributed by atoms with Gasteiger partial charge in [0.15, 0.2) is 6.10 Å². The van der Waals surface area contributed by atoms with E-state index in [1.165, 1.54) is 6.07 Å². The molecule has 0 radical (unpaired) electrons. The van der Waals surface area contributed by atoms with Crippen LogP contribution in [0.4, 0.5) is 11.4 Å². The number of halogens is 2. The Hall–Kier alpha value is -3.75. The number of amides is 2. The lowest BCUT2D eigenvalue weighted by molar-refractivity contribution is -0.122. The summed E-state index contributed by atoms with van der Waals surface area (Å²) in [6.45, 7) is 5.67. The van der Waals surface area contributed by atoms with Gasteiger partial charge in [0.2, 0.25) is 0 Å². The van der Waals surface area contributed by atoms with Crippen LogP contribution < -0.4 is 15.0 Å². The number of hydrogen-bond donors (Lipinski definition) is 1. The molecule has 39 heavy (non-hydrogen) atoms. The van der Waals surface area contributed by atoms with Gasteiger partial charge in [-0.1, -0.05) is 41.4 Å². The first-order valence-corrected chi connectivity index (χ1v) is 13.4. The Morgan fingerprint density at radius 2 is 1.64 bits per heavy atom. The second-order valence-corrected chi connectivity index (χ2v) is 9.77. The average Bonchev–Trinajstić information content (AvgIpc) is 2.94. The highest BCUT2D eigenvalue weighted by molar-refractivity contribution is 6.35. The summed E-state index contributed by atoms with van der Waals surface area (Å²) in [6.07, 6.45) is -0.900. The third-order valence-corrected chi connectivity index (χ3v) is 6.79. The van der Waals surface area contributed by atoms with Gasteiger partial charge in [0.25, 0.3) is 11.8 Å². The molecule has 1 heterocycles. The van der Waals surface area contributed by atoms with Crippen LogP contribution in [0.3, 0.4) is 0 Å². The molecular weight excluding hydrogens is 541 g/mol. The Bertz CT molecular complexity index is 1340. The van der Waals surface area contributed by atoms with Crippen molar-refractivity contribution in [2.24, 2.45) is 0 Å². The molecule has 1 aliphatic heterocycles. The third-order valence-electron chi connectivity index (χ3n) is 6.26. The van der Waals surface area contributed by atoms with Crippen molar-refractivity contribution in [3.8, 4) is 5.75 Å². The van der Waals surface area contributed by atoms with Crippen LogP contribution in [0.2, 0.25) is 10.0 Å². The van der Waals surface area contributed by atoms with Crippen molar-refractivity contribution in [1.29, 1.82) is 0 Å². The molecule has 1 N–H and O–H groups in total. The monoisotopic (exact) mass is 569 g/mol. The summed E-state index contributed by atoms with van der Waals surface area (Å²) in [6, 6.07) is 18.9. The van der Waals surface area contributed by atoms with Gasteiger partial charge in [-0.3, -0.25) is 9.59 Å². The third kappa shape index (κ3) is 7.02. The SMILES string of the molecule is CCOC(=O)c1ccc(N2CCN(C(=O)c3ccccc3)CC2)c(NC(=O)C(C)Oc2ccc(Cl)cc2Cl)c1. The zero-order valence-corrected chi connectivity index (χ0v) is 23.2. The van der Waals surface area contributed by atoms with Crippen LogP contribution in [0.1, 0.15) is 34.6 Å². The summed E-state index contributed by atoms with van der Waals surface area (Å²) < 4.78 is 10.9. The van der Waals surface area contributed by atoms with Gasteiger partial charge >= 0.3 is 5.97 Å². The maximum absolute atomic E-state index is 13.1. The van der Waals surface area contributed by atoms with E-state index in [2.05, 4.69) is 10.2 Å². The molecule has 10 heteroatoms. The molecule has 3 aromatic rings. The van der Waals surface area contributed by atoms with Gasteiger partial charge in [-0.15, -0.1) is 0 Å². The lowest BCUT2D eigenvalue weighted by Crippen LogP contribution is -2.49. The van der Waals surface area contributed by atoms with Crippen LogP contribution in [0.25, 0.3) is 0 Å². The Kier molecular flexibility index (Phi) is 9.32. The standard InChI is InChI=1S/C29H29Cl2N3O5/c1-3-38-29(37)21-9-11-25(33-13-15-34(16-14-33)28(36)20-7-5-4-6-8-20)24(17-21)32-27(35)19(2)39-26-12-10-22(30)18-23(26)31/h4-12,17-19H,3,13-16H2,1-2H3,(H,32,35). The molecule has 4 rings (SSSR count). The van der Waals surface area contributed by atoms with Crippen molar-refractivity contribution in [3.05, 3.63) is 87.9 Å². The predicted molar refractivity (Wildman–Crippen MR) is 152 cm³/mol. The summed E-state index contributed by atoms with van der Waals surface area (Å²) in [5.41, 5.74) is 2.11. The van der Waals surface area contributed by atoms with Crippen LogP contribution in [-0.4, -0.2) is 61.6 Å². The van der Waals surface area contributed by atoms with Gasteiger partial charge in [0.05, 0.1) is 28.6 Å². The number of hydrogen-bond acceptors (Lipinski definition) is 6. The summed E-state index contributed by atoms with van der Waals surface area (Å²) in [5.74, 6) is -0.618. The highest BCUT2D eigenvalue weighted by Gasteiger charge is 2.26. The summed E-state index contributed by atoms with van der Waals surface area (Å²) in [4.78, 5) is 42.3. The number of piperazine rings is 1. The Morgan fingerprint density at radius 3 is 2.31 bits per heavy atom. The summed E-state index contributed by atoms with van der Waals surface area (Å²) in [7, 11) is 0. The van der Waals surface area contributed by atoms with E-state index in [0.717, 1.165) is 5.69 Å². The Labute approximate surface area is 237 Å². The molecule has 1 aliphatic rings. The maximum atomic E-state index is 13.1. The van der Waals surface area contributed by atoms with Crippen LogP contribution in [0.5, 0.6) is 5.75 Å². The van der Waals surface area contributed by atoms with Crippen LogP contribution >= 0.6 is 23.2 Å². The molecule has 1 fully saturated rings. The molecule has 1 atom stereocenters. The topological polar surface area (TPSA) is 88.2 Å². The molecule has 1 unspecified atom stereocenters. The minimum Gasteiger partial charge on any atom is -0.479 e. The van der Waals surface area contributed by atoms with E-state index < -0.39 is 18.0 Å². The first kappa shape index (κ1) is 28.3. The van der Waals surface area contributed by atoms with E-state index >= 15 is 0 Å². The van der Waals surface area contributed by atoms with Crippen molar-refractivity contribution < 1.29 is 23.9 Å². The van der Waals surface area contributed by atoms with Crippen LogP contribution in [-0.2, 0) is 9.53 Å². The normalized spacial score (nSPS) is 13.9. The van der Waals surface area contributed by atoms with Crippen molar-refractivity contribution in [2.45, 2.75) is 20.0 Å². The number of carbonyl (C=O) groups excluding carboxylic acids is 3. The Morgan fingerprint density at radius 1 is 0.923 bits per heavy atom. The van der Waals surface area contributed by atoms with Gasteiger partial charge in [-0.05, 0) is 62.4 Å². The molecule has 0 aromatic heterocycles. The van der Waals surface area contributed by atoms with Crippen LogP contribution in [0.15, 0.2) is 66.7 Å². The average molecular weight is 570 g/mol. The number of nitrogens with one attached hydrogen (secondary N) is 1. The smallest absolute Gasteiger partial charge is 0.338 e. The molecular formula is C29H29Cl2N3O5. The first-order chi connectivity index (χ1) is 18.8. The number of anilines is 2. The molecule has 1 saturated heterocycles. The number of benzene rings is 3. The summed E-state index contributed by atoms with van der Waals surface area (Å²) in [5, 5.41) is 3.63.